The molecule has 1 N–H and O–H groups in total. The van der Waals surface area contributed by atoms with Crippen LogP contribution in [0.25, 0.3) is 11.4 Å². The number of aryl methyl sites for hydroxylation is 1. The third-order valence-electron chi connectivity index (χ3n) is 3.69. The van der Waals surface area contributed by atoms with Crippen molar-refractivity contribution >= 4 is 18.1 Å². The van der Waals surface area contributed by atoms with Gasteiger partial charge in [0.25, 0.3) is 0 Å². The molecule has 1 saturated heterocycles. The molecular formula is C15H18N4O2S. The van der Waals surface area contributed by atoms with Crippen molar-refractivity contribution in [1.82, 2.24) is 19.7 Å². The average Bonchev–Trinajstić information content (AvgIpc) is 2.89. The topological polar surface area (TPSA) is 63.2 Å². The maximum atomic E-state index is 12.4. The summed E-state index contributed by atoms with van der Waals surface area (Å²) in [7, 11) is 0. The van der Waals surface area contributed by atoms with E-state index in [1.54, 1.807) is 9.47 Å². The first-order valence-corrected chi connectivity index (χ1v) is 7.64. The Morgan fingerprint density at radius 2 is 2.18 bits per heavy atom. The molecule has 1 aromatic carbocycles. The Balaban J connectivity index is 1.86. The van der Waals surface area contributed by atoms with E-state index in [-0.39, 0.29) is 12.5 Å². The first-order valence-electron chi connectivity index (χ1n) is 7.23. The van der Waals surface area contributed by atoms with Crippen molar-refractivity contribution in [2.75, 3.05) is 26.3 Å². The normalized spacial score (nSPS) is 15.0. The van der Waals surface area contributed by atoms with Crippen molar-refractivity contribution in [1.29, 1.82) is 0 Å². The Hall–Kier alpha value is -1.99. The third-order valence-corrected chi connectivity index (χ3v) is 4.00. The molecule has 1 amide bonds. The summed E-state index contributed by atoms with van der Waals surface area (Å²) in [6.45, 7) is 4.65. The Morgan fingerprint density at radius 3 is 2.91 bits per heavy atom. The summed E-state index contributed by atoms with van der Waals surface area (Å²) in [4.78, 5) is 14.2. The Labute approximate surface area is 133 Å². The molecule has 0 unspecified atom stereocenters. The van der Waals surface area contributed by atoms with Crippen LogP contribution in [0, 0.1) is 11.7 Å². The van der Waals surface area contributed by atoms with Crippen LogP contribution < -0.4 is 0 Å². The second kappa shape index (κ2) is 6.41. The molecular weight excluding hydrogens is 300 g/mol. The number of nitrogens with one attached hydrogen (secondary N) is 1. The fourth-order valence-electron chi connectivity index (χ4n) is 2.52. The quantitative estimate of drug-likeness (QED) is 0.876. The maximum absolute atomic E-state index is 12.4. The number of hydrogen-bond acceptors (Lipinski definition) is 4. The van der Waals surface area contributed by atoms with Crippen molar-refractivity contribution in [2.45, 2.75) is 13.5 Å². The molecule has 7 heteroatoms. The van der Waals surface area contributed by atoms with E-state index in [9.17, 15) is 4.79 Å². The molecule has 6 nitrogen and oxygen atoms in total. The first-order chi connectivity index (χ1) is 10.6. The molecule has 2 aromatic rings. The van der Waals surface area contributed by atoms with E-state index in [2.05, 4.69) is 10.2 Å². The van der Waals surface area contributed by atoms with Crippen molar-refractivity contribution in [3.05, 3.63) is 34.6 Å². The van der Waals surface area contributed by atoms with Gasteiger partial charge in [-0.15, -0.1) is 0 Å². The lowest BCUT2D eigenvalue weighted by molar-refractivity contribution is -0.135. The molecule has 22 heavy (non-hydrogen) atoms. The van der Waals surface area contributed by atoms with Crippen molar-refractivity contribution in [2.24, 2.45) is 0 Å². The molecule has 0 radical (unpaired) electrons. The zero-order valence-corrected chi connectivity index (χ0v) is 13.2. The number of rotatable bonds is 3. The Morgan fingerprint density at radius 1 is 1.41 bits per heavy atom. The number of H-pyrrole nitrogens is 1. The smallest absolute Gasteiger partial charge is 0.242 e. The molecule has 3 rings (SSSR count). The van der Waals surface area contributed by atoms with Gasteiger partial charge in [-0.1, -0.05) is 23.8 Å². The van der Waals surface area contributed by atoms with Crippen LogP contribution in [0.15, 0.2) is 24.3 Å². The van der Waals surface area contributed by atoms with Crippen LogP contribution in [-0.2, 0) is 16.1 Å². The number of hydrogen-bond donors (Lipinski definition) is 1. The highest BCUT2D eigenvalue weighted by Gasteiger charge is 2.19. The number of nitrogens with zero attached hydrogens (tertiary/aromatic N) is 3. The number of ether oxygens (including phenoxy) is 1. The van der Waals surface area contributed by atoms with Gasteiger partial charge in [0.1, 0.15) is 6.54 Å². The van der Waals surface area contributed by atoms with E-state index in [0.717, 1.165) is 11.1 Å². The van der Waals surface area contributed by atoms with Gasteiger partial charge < -0.3 is 9.64 Å². The Kier molecular flexibility index (Phi) is 4.35. The summed E-state index contributed by atoms with van der Waals surface area (Å²) >= 11 is 5.27. The molecule has 1 aliphatic heterocycles. The maximum Gasteiger partial charge on any atom is 0.242 e. The standard InChI is InChI=1S/C15H18N4O2S/c1-11-3-2-4-12(9-11)14-16-17-15(22)19(14)10-13(20)18-5-7-21-8-6-18/h2-4,9H,5-8,10H2,1H3,(H,17,22). The summed E-state index contributed by atoms with van der Waals surface area (Å²) in [5, 5.41) is 7.06. The first kappa shape index (κ1) is 14.9. The van der Waals surface area contributed by atoms with Crippen LogP contribution in [0.1, 0.15) is 5.56 Å². The van der Waals surface area contributed by atoms with Gasteiger partial charge >= 0.3 is 0 Å². The summed E-state index contributed by atoms with van der Waals surface area (Å²) in [5.74, 6) is 0.727. The van der Waals surface area contributed by atoms with Gasteiger partial charge in [-0.25, -0.2) is 0 Å². The molecule has 1 fully saturated rings. The summed E-state index contributed by atoms with van der Waals surface area (Å²) < 4.78 is 7.48. The van der Waals surface area contributed by atoms with Crippen LogP contribution in [0.2, 0.25) is 0 Å². The van der Waals surface area contributed by atoms with Gasteiger partial charge in [-0.2, -0.15) is 5.10 Å². The van der Waals surface area contributed by atoms with Gasteiger partial charge in [0, 0.05) is 18.7 Å². The van der Waals surface area contributed by atoms with E-state index in [1.807, 2.05) is 31.2 Å². The number of aromatic nitrogens is 3. The molecule has 116 valence electrons. The van der Waals surface area contributed by atoms with Crippen LogP contribution >= 0.6 is 12.2 Å². The van der Waals surface area contributed by atoms with Gasteiger partial charge in [-0.3, -0.25) is 14.5 Å². The fourth-order valence-corrected chi connectivity index (χ4v) is 2.71. The lowest BCUT2D eigenvalue weighted by Gasteiger charge is -2.27. The lowest BCUT2D eigenvalue weighted by atomic mass is 10.1. The SMILES string of the molecule is Cc1cccc(-c2n[nH]c(=S)n2CC(=O)N2CCOCC2)c1. The monoisotopic (exact) mass is 318 g/mol. The predicted octanol–water partition coefficient (Wildman–Crippen LogP) is 1.77. The number of carbonyl (C=O) groups excluding carboxylic acids is 1. The largest absolute Gasteiger partial charge is 0.378 e. The summed E-state index contributed by atoms with van der Waals surface area (Å²) in [6, 6.07) is 7.98. The zero-order chi connectivity index (χ0) is 15.5. The molecule has 1 aliphatic rings. The van der Waals surface area contributed by atoms with Gasteiger partial charge in [0.15, 0.2) is 10.6 Å². The zero-order valence-electron chi connectivity index (χ0n) is 12.4. The molecule has 0 saturated carbocycles. The fraction of sp³-hybridized carbons (Fsp3) is 0.400. The minimum atomic E-state index is 0.0368. The number of amides is 1. The van der Waals surface area contributed by atoms with Crippen LogP contribution in [0.4, 0.5) is 0 Å². The summed E-state index contributed by atoms with van der Waals surface area (Å²) in [5.41, 5.74) is 2.08. The molecule has 0 bridgehead atoms. The highest BCUT2D eigenvalue weighted by atomic mass is 32.1. The van der Waals surface area contributed by atoms with Gasteiger partial charge in [-0.05, 0) is 25.2 Å². The van der Waals surface area contributed by atoms with E-state index < -0.39 is 0 Å². The minimum Gasteiger partial charge on any atom is -0.378 e. The highest BCUT2D eigenvalue weighted by Crippen LogP contribution is 2.18. The number of benzene rings is 1. The van der Waals surface area contributed by atoms with E-state index >= 15 is 0 Å². The average molecular weight is 318 g/mol. The van der Waals surface area contributed by atoms with Crippen LogP contribution in [-0.4, -0.2) is 51.9 Å². The second-order valence-electron chi connectivity index (χ2n) is 5.30. The number of morpholine rings is 1. The van der Waals surface area contributed by atoms with E-state index in [1.165, 1.54) is 0 Å². The number of carbonyl (C=O) groups is 1. The molecule has 2 heterocycles. The van der Waals surface area contributed by atoms with Crippen molar-refractivity contribution in [3.63, 3.8) is 0 Å². The third kappa shape index (κ3) is 3.10. The highest BCUT2D eigenvalue weighted by molar-refractivity contribution is 7.71. The molecule has 0 spiro atoms. The lowest BCUT2D eigenvalue weighted by Crippen LogP contribution is -2.42. The molecule has 1 aromatic heterocycles. The van der Waals surface area contributed by atoms with Gasteiger partial charge in [0.05, 0.1) is 13.2 Å². The second-order valence-corrected chi connectivity index (χ2v) is 5.69. The summed E-state index contributed by atoms with van der Waals surface area (Å²) in [6.07, 6.45) is 0. The minimum absolute atomic E-state index is 0.0368. The number of aromatic amines is 1. The predicted molar refractivity (Wildman–Crippen MR) is 85.0 cm³/mol. The van der Waals surface area contributed by atoms with Crippen molar-refractivity contribution < 1.29 is 9.53 Å². The molecule has 0 aliphatic carbocycles. The van der Waals surface area contributed by atoms with Crippen LogP contribution in [0.3, 0.4) is 0 Å². The van der Waals surface area contributed by atoms with Gasteiger partial charge in [0.2, 0.25) is 5.91 Å². The van der Waals surface area contributed by atoms with Crippen LogP contribution in [0.5, 0.6) is 0 Å². The van der Waals surface area contributed by atoms with Crippen molar-refractivity contribution in [3.8, 4) is 11.4 Å². The van der Waals surface area contributed by atoms with E-state index in [4.69, 9.17) is 17.0 Å². The molecule has 0 atom stereocenters. The Bertz CT molecular complexity index is 731. The van der Waals surface area contributed by atoms with E-state index in [0.29, 0.717) is 36.9 Å².